The number of urea groups is 1. The number of aromatic nitrogens is 2. The Kier molecular flexibility index (Phi) is 9.99. The number of hydrogen-bond acceptors (Lipinski definition) is 4. The van der Waals surface area contributed by atoms with Gasteiger partial charge in [0.25, 0.3) is 0 Å². The van der Waals surface area contributed by atoms with E-state index in [9.17, 15) is 13.6 Å². The second kappa shape index (κ2) is 13.0. The summed E-state index contributed by atoms with van der Waals surface area (Å²) >= 11 is 0. The largest absolute Gasteiger partial charge is 0.383 e. The normalized spacial score (nSPS) is 15.7. The summed E-state index contributed by atoms with van der Waals surface area (Å²) in [6.07, 6.45) is 1.95. The molecule has 2 heterocycles. The lowest BCUT2D eigenvalue weighted by atomic mass is 9.84. The number of hydrogen-bond donors (Lipinski definition) is 2. The van der Waals surface area contributed by atoms with E-state index in [1.165, 1.54) is 12.1 Å². The summed E-state index contributed by atoms with van der Waals surface area (Å²) in [5, 5.41) is 7.42. The molecule has 1 aliphatic rings. The summed E-state index contributed by atoms with van der Waals surface area (Å²) in [5.74, 6) is -0.590. The molecule has 1 saturated heterocycles. The predicted octanol–water partition coefficient (Wildman–Crippen LogP) is 5.76. The van der Waals surface area contributed by atoms with Crippen molar-refractivity contribution in [3.63, 3.8) is 0 Å². The van der Waals surface area contributed by atoms with E-state index < -0.39 is 17.7 Å². The van der Waals surface area contributed by atoms with Gasteiger partial charge in [-0.1, -0.05) is 45.0 Å². The first kappa shape index (κ1) is 29.3. The number of likely N-dealkylation sites (tertiary alicyclic amines) is 1. The quantitative estimate of drug-likeness (QED) is 0.390. The van der Waals surface area contributed by atoms with Gasteiger partial charge in [0.15, 0.2) is 11.6 Å². The van der Waals surface area contributed by atoms with Gasteiger partial charge in [0, 0.05) is 31.2 Å². The molecule has 0 saturated carbocycles. The SMILES string of the molecule is CCC(C)(C)c1nn(-c2ccccc2)c(NC(N)=O)c1C.COCCN1CCC(c2ccc(F)c(F)c2)C1. The molecule has 1 unspecified atom stereocenters. The maximum atomic E-state index is 13.1. The van der Waals surface area contributed by atoms with E-state index in [1.54, 1.807) is 17.9 Å². The number of anilines is 1. The van der Waals surface area contributed by atoms with Crippen LogP contribution in [0.1, 0.15) is 56.4 Å². The highest BCUT2D eigenvalue weighted by atomic mass is 19.2. The van der Waals surface area contributed by atoms with Crippen LogP contribution in [0.2, 0.25) is 0 Å². The van der Waals surface area contributed by atoms with Gasteiger partial charge in [0.05, 0.1) is 18.0 Å². The summed E-state index contributed by atoms with van der Waals surface area (Å²) < 4.78 is 32.7. The van der Waals surface area contributed by atoms with Gasteiger partial charge in [0.1, 0.15) is 5.82 Å². The minimum Gasteiger partial charge on any atom is -0.383 e. The number of nitrogens with one attached hydrogen (secondary N) is 1. The maximum Gasteiger partial charge on any atom is 0.317 e. The van der Waals surface area contributed by atoms with Crippen molar-refractivity contribution >= 4 is 11.8 Å². The summed E-state index contributed by atoms with van der Waals surface area (Å²) in [7, 11) is 1.68. The Hall–Kier alpha value is -3.30. The monoisotopic (exact) mass is 527 g/mol. The molecular weight excluding hydrogens is 488 g/mol. The van der Waals surface area contributed by atoms with Crippen LogP contribution in [0.3, 0.4) is 0 Å². The molecule has 1 aromatic heterocycles. The number of amides is 2. The molecule has 1 atom stereocenters. The van der Waals surface area contributed by atoms with Crippen molar-refractivity contribution in [3.05, 3.63) is 77.0 Å². The van der Waals surface area contributed by atoms with Gasteiger partial charge >= 0.3 is 6.03 Å². The van der Waals surface area contributed by atoms with Gasteiger partial charge in [0.2, 0.25) is 0 Å². The van der Waals surface area contributed by atoms with Crippen molar-refractivity contribution in [2.75, 3.05) is 38.7 Å². The first-order chi connectivity index (χ1) is 18.1. The lowest BCUT2D eigenvalue weighted by Crippen LogP contribution is -2.24. The first-order valence-corrected chi connectivity index (χ1v) is 13.0. The van der Waals surface area contributed by atoms with Crippen LogP contribution in [-0.4, -0.2) is 54.1 Å². The molecule has 38 heavy (non-hydrogen) atoms. The molecule has 206 valence electrons. The van der Waals surface area contributed by atoms with Crippen molar-refractivity contribution in [1.29, 1.82) is 0 Å². The highest BCUT2D eigenvalue weighted by Crippen LogP contribution is 2.33. The second-order valence-corrected chi connectivity index (χ2v) is 10.2. The Morgan fingerprint density at radius 3 is 2.50 bits per heavy atom. The molecular formula is C29H39F2N5O2. The number of rotatable bonds is 8. The number of nitrogens with two attached hydrogens (primary N) is 1. The molecule has 3 N–H and O–H groups in total. The fourth-order valence-corrected chi connectivity index (χ4v) is 4.62. The smallest absolute Gasteiger partial charge is 0.317 e. The van der Waals surface area contributed by atoms with Crippen LogP contribution in [0.15, 0.2) is 48.5 Å². The van der Waals surface area contributed by atoms with Gasteiger partial charge in [-0.15, -0.1) is 0 Å². The maximum absolute atomic E-state index is 13.1. The molecule has 2 amide bonds. The number of nitrogens with zero attached hydrogens (tertiary/aromatic N) is 3. The van der Waals surface area contributed by atoms with Gasteiger partial charge in [-0.2, -0.15) is 5.10 Å². The minimum atomic E-state index is -0.775. The number of halogens is 2. The number of methoxy groups -OCH3 is 1. The molecule has 9 heteroatoms. The van der Waals surface area contributed by atoms with Gasteiger partial charge in [-0.3, -0.25) is 5.32 Å². The van der Waals surface area contributed by atoms with Crippen LogP contribution in [-0.2, 0) is 10.2 Å². The fourth-order valence-electron chi connectivity index (χ4n) is 4.62. The average Bonchev–Trinajstić information content (AvgIpc) is 3.50. The third-order valence-electron chi connectivity index (χ3n) is 7.19. The standard InChI is InChI=1S/C16H22N4O.C13H17F2NO/c1-5-16(3,4)13-11(2)14(18-15(17)21)20(19-13)12-9-7-6-8-10-12;1-17-7-6-16-5-4-11(9-16)10-2-3-12(14)13(15)8-10/h6-10H,5H2,1-4H3,(H3,17,18,21);2-3,8,11H,4-7,9H2,1H3. The topological polar surface area (TPSA) is 85.4 Å². The first-order valence-electron chi connectivity index (χ1n) is 13.0. The molecule has 7 nitrogen and oxygen atoms in total. The van der Waals surface area contributed by atoms with E-state index in [-0.39, 0.29) is 5.41 Å². The van der Waals surface area contributed by atoms with Crippen molar-refractivity contribution in [2.24, 2.45) is 5.73 Å². The van der Waals surface area contributed by atoms with Crippen molar-refractivity contribution in [2.45, 2.75) is 51.9 Å². The van der Waals surface area contributed by atoms with Gasteiger partial charge < -0.3 is 15.4 Å². The number of carbonyl (C=O) groups excluding carboxylic acids is 1. The van der Waals surface area contributed by atoms with E-state index in [0.717, 1.165) is 55.0 Å². The van der Waals surface area contributed by atoms with Crippen molar-refractivity contribution < 1.29 is 18.3 Å². The number of primary amides is 1. The Morgan fingerprint density at radius 1 is 1.18 bits per heavy atom. The Bertz CT molecular complexity index is 1210. The Labute approximate surface area is 224 Å². The highest BCUT2D eigenvalue weighted by molar-refractivity contribution is 5.88. The zero-order chi connectivity index (χ0) is 27.9. The molecule has 2 aromatic carbocycles. The van der Waals surface area contributed by atoms with Crippen LogP contribution >= 0.6 is 0 Å². The van der Waals surface area contributed by atoms with Gasteiger partial charge in [-0.25, -0.2) is 18.3 Å². The molecule has 1 fully saturated rings. The summed E-state index contributed by atoms with van der Waals surface area (Å²) in [6, 6.07) is 13.3. The lowest BCUT2D eigenvalue weighted by Gasteiger charge is -2.20. The zero-order valence-electron chi connectivity index (χ0n) is 22.9. The van der Waals surface area contributed by atoms with E-state index in [2.05, 4.69) is 31.0 Å². The van der Waals surface area contributed by atoms with E-state index in [4.69, 9.17) is 15.6 Å². The number of benzene rings is 2. The van der Waals surface area contributed by atoms with Crippen molar-refractivity contribution in [1.82, 2.24) is 14.7 Å². The number of ether oxygens (including phenoxy) is 1. The summed E-state index contributed by atoms with van der Waals surface area (Å²) in [5.41, 5.74) is 8.93. The summed E-state index contributed by atoms with van der Waals surface area (Å²) in [6.45, 7) is 11.9. The van der Waals surface area contributed by atoms with Crippen LogP contribution in [0, 0.1) is 18.6 Å². The van der Waals surface area contributed by atoms with Crippen LogP contribution < -0.4 is 11.1 Å². The van der Waals surface area contributed by atoms with Crippen LogP contribution in [0.4, 0.5) is 19.4 Å². The molecule has 0 bridgehead atoms. The molecule has 0 radical (unpaired) electrons. The van der Waals surface area contributed by atoms with Gasteiger partial charge in [-0.05, 0) is 62.1 Å². The number of para-hydroxylation sites is 1. The molecule has 0 spiro atoms. The van der Waals surface area contributed by atoms with Crippen molar-refractivity contribution in [3.8, 4) is 5.69 Å². The molecule has 0 aliphatic carbocycles. The van der Waals surface area contributed by atoms with E-state index in [1.807, 2.05) is 37.3 Å². The fraction of sp³-hybridized carbons (Fsp3) is 0.448. The van der Waals surface area contributed by atoms with Crippen LogP contribution in [0.25, 0.3) is 5.69 Å². The molecule has 1 aliphatic heterocycles. The predicted molar refractivity (Wildman–Crippen MR) is 147 cm³/mol. The van der Waals surface area contributed by atoms with E-state index >= 15 is 0 Å². The number of carbonyl (C=O) groups is 1. The summed E-state index contributed by atoms with van der Waals surface area (Å²) in [4.78, 5) is 13.6. The second-order valence-electron chi connectivity index (χ2n) is 10.2. The minimum absolute atomic E-state index is 0.0712. The Morgan fingerprint density at radius 2 is 1.89 bits per heavy atom. The third-order valence-corrected chi connectivity index (χ3v) is 7.19. The molecule has 4 rings (SSSR count). The van der Waals surface area contributed by atoms with Crippen LogP contribution in [0.5, 0.6) is 0 Å². The molecule has 3 aromatic rings. The zero-order valence-corrected chi connectivity index (χ0v) is 22.9. The highest BCUT2D eigenvalue weighted by Gasteiger charge is 2.28. The lowest BCUT2D eigenvalue weighted by molar-refractivity contribution is 0.160. The third kappa shape index (κ3) is 7.17. The average molecular weight is 528 g/mol. The Balaban J connectivity index is 0.000000215. The van der Waals surface area contributed by atoms with E-state index in [0.29, 0.717) is 18.3 Å².